The van der Waals surface area contributed by atoms with Gasteiger partial charge in [-0.1, -0.05) is 28.1 Å². The molecule has 5 nitrogen and oxygen atoms in total. The maximum Gasteiger partial charge on any atom is 0.212 e. The summed E-state index contributed by atoms with van der Waals surface area (Å²) in [6.45, 7) is 0. The van der Waals surface area contributed by atoms with Crippen LogP contribution in [0.4, 0.5) is 5.88 Å². The van der Waals surface area contributed by atoms with E-state index in [1.54, 1.807) is 0 Å². The third kappa shape index (κ3) is 3.20. The van der Waals surface area contributed by atoms with Gasteiger partial charge < -0.3 is 10.2 Å². The number of anilines is 1. The van der Waals surface area contributed by atoms with E-state index in [0.717, 1.165) is 16.5 Å². The lowest BCUT2D eigenvalue weighted by Gasteiger charge is -2.20. The molecule has 116 valence electrons. The number of aliphatic imine (C=N–C) groups is 1. The Kier molecular flexibility index (Phi) is 4.30. The summed E-state index contributed by atoms with van der Waals surface area (Å²) in [7, 11) is 0. The molecule has 6 heteroatoms. The van der Waals surface area contributed by atoms with Gasteiger partial charge in [-0.05, 0) is 30.5 Å². The van der Waals surface area contributed by atoms with Crippen molar-refractivity contribution in [1.29, 1.82) is 5.26 Å². The van der Waals surface area contributed by atoms with Crippen LogP contribution in [0.5, 0.6) is 0 Å². The number of fused-ring (bicyclic) bond motifs is 1. The van der Waals surface area contributed by atoms with E-state index in [-0.39, 0.29) is 22.9 Å². The summed E-state index contributed by atoms with van der Waals surface area (Å²) in [6.07, 6.45) is 3.64. The van der Waals surface area contributed by atoms with Crippen molar-refractivity contribution in [2.24, 2.45) is 4.99 Å². The topological polar surface area (TPSA) is 92.4 Å². The van der Waals surface area contributed by atoms with Gasteiger partial charge in [0, 0.05) is 22.7 Å². The fourth-order valence-electron chi connectivity index (χ4n) is 2.69. The highest BCUT2D eigenvalue weighted by atomic mass is 79.9. The largest absolute Gasteiger partial charge is 0.444 e. The number of rotatable bonds is 2. The Bertz CT molecular complexity index is 880. The molecule has 0 saturated heterocycles. The average molecular weight is 372 g/mol. The van der Waals surface area contributed by atoms with Gasteiger partial charge in [-0.3, -0.25) is 9.79 Å². The van der Waals surface area contributed by atoms with Crippen LogP contribution in [-0.2, 0) is 12.8 Å². The molecule has 23 heavy (non-hydrogen) atoms. The summed E-state index contributed by atoms with van der Waals surface area (Å²) >= 11 is 3.43. The van der Waals surface area contributed by atoms with Crippen molar-refractivity contribution in [3.63, 3.8) is 0 Å². The number of nitrogens with zero attached hydrogens (tertiary/aromatic N) is 2. The standard InChI is InChI=1S/C17H14BrN3O2/c18-11-3-1-2-10(6-11)9-21-12-4-5-13-15(7-12)23-17(20)14(8-19)16(13)22/h1-3,6,9,12H,4-5,7,20H2/t12-/m1/s1. The Balaban J connectivity index is 1.84. The van der Waals surface area contributed by atoms with Gasteiger partial charge >= 0.3 is 0 Å². The van der Waals surface area contributed by atoms with Crippen LogP contribution in [0.2, 0.25) is 0 Å². The van der Waals surface area contributed by atoms with Gasteiger partial charge in [-0.25, -0.2) is 0 Å². The Morgan fingerprint density at radius 1 is 1.48 bits per heavy atom. The van der Waals surface area contributed by atoms with Crippen molar-refractivity contribution in [2.75, 3.05) is 5.73 Å². The molecule has 1 atom stereocenters. The SMILES string of the molecule is N#Cc1c(N)oc2c(c1=O)CC[C@@H](N=Cc1cccc(Br)c1)C2. The average Bonchev–Trinajstić information content (AvgIpc) is 2.53. The molecular formula is C17H14BrN3O2. The minimum atomic E-state index is -0.305. The molecule has 1 heterocycles. The van der Waals surface area contributed by atoms with Crippen LogP contribution in [0.1, 0.15) is 28.9 Å². The first kappa shape index (κ1) is 15.5. The van der Waals surface area contributed by atoms with Gasteiger partial charge in [-0.15, -0.1) is 0 Å². The van der Waals surface area contributed by atoms with Crippen molar-refractivity contribution in [2.45, 2.75) is 25.3 Å². The van der Waals surface area contributed by atoms with E-state index >= 15 is 0 Å². The van der Waals surface area contributed by atoms with Gasteiger partial charge in [0.2, 0.25) is 11.3 Å². The zero-order valence-electron chi connectivity index (χ0n) is 12.3. The monoisotopic (exact) mass is 371 g/mol. The summed E-state index contributed by atoms with van der Waals surface area (Å²) in [4.78, 5) is 16.8. The predicted molar refractivity (Wildman–Crippen MR) is 91.7 cm³/mol. The fraction of sp³-hybridized carbons (Fsp3) is 0.235. The molecule has 2 aromatic rings. The summed E-state index contributed by atoms with van der Waals surface area (Å²) < 4.78 is 6.48. The van der Waals surface area contributed by atoms with Crippen LogP contribution in [0.25, 0.3) is 0 Å². The molecule has 0 radical (unpaired) electrons. The number of nitriles is 1. The van der Waals surface area contributed by atoms with E-state index in [1.807, 2.05) is 36.5 Å². The molecule has 0 unspecified atom stereocenters. The minimum Gasteiger partial charge on any atom is -0.444 e. The van der Waals surface area contributed by atoms with E-state index in [9.17, 15) is 4.79 Å². The maximum absolute atomic E-state index is 12.2. The van der Waals surface area contributed by atoms with E-state index in [4.69, 9.17) is 15.4 Å². The molecule has 1 aliphatic carbocycles. The van der Waals surface area contributed by atoms with Crippen molar-refractivity contribution < 1.29 is 4.42 Å². The first-order chi connectivity index (χ1) is 11.1. The molecule has 1 aromatic heterocycles. The zero-order valence-corrected chi connectivity index (χ0v) is 13.8. The molecule has 3 rings (SSSR count). The number of nitrogens with two attached hydrogens (primary N) is 1. The van der Waals surface area contributed by atoms with E-state index in [1.165, 1.54) is 0 Å². The second kappa shape index (κ2) is 6.39. The quantitative estimate of drug-likeness (QED) is 0.821. The first-order valence-corrected chi connectivity index (χ1v) is 8.01. The normalized spacial score (nSPS) is 17.0. The van der Waals surface area contributed by atoms with Crippen LogP contribution < -0.4 is 11.2 Å². The molecular weight excluding hydrogens is 358 g/mol. The number of hydrogen-bond donors (Lipinski definition) is 1. The third-order valence-corrected chi connectivity index (χ3v) is 4.35. The number of halogens is 1. The van der Waals surface area contributed by atoms with Gasteiger partial charge in [0.25, 0.3) is 0 Å². The fourth-order valence-corrected chi connectivity index (χ4v) is 3.11. The Hall–Kier alpha value is -2.39. The molecule has 0 spiro atoms. The van der Waals surface area contributed by atoms with Gasteiger partial charge in [-0.2, -0.15) is 5.26 Å². The second-order valence-corrected chi connectivity index (χ2v) is 6.33. The Morgan fingerprint density at radius 2 is 2.30 bits per heavy atom. The highest BCUT2D eigenvalue weighted by Crippen LogP contribution is 2.24. The van der Waals surface area contributed by atoms with Crippen LogP contribution in [0.15, 0.2) is 42.9 Å². The second-order valence-electron chi connectivity index (χ2n) is 5.41. The van der Waals surface area contributed by atoms with E-state index in [0.29, 0.717) is 24.2 Å². The number of nitrogen functional groups attached to an aromatic ring is 1. The lowest BCUT2D eigenvalue weighted by Crippen LogP contribution is -2.26. The minimum absolute atomic E-state index is 0.0389. The summed E-state index contributed by atoms with van der Waals surface area (Å²) in [5.74, 6) is 0.446. The molecule has 2 N–H and O–H groups in total. The van der Waals surface area contributed by atoms with Crippen LogP contribution >= 0.6 is 15.9 Å². The Labute approximate surface area is 141 Å². The lowest BCUT2D eigenvalue weighted by molar-refractivity contribution is 0.439. The van der Waals surface area contributed by atoms with Crippen molar-refractivity contribution in [3.05, 3.63) is 61.4 Å². The van der Waals surface area contributed by atoms with Crippen LogP contribution in [0, 0.1) is 11.3 Å². The van der Waals surface area contributed by atoms with Crippen LogP contribution in [0.3, 0.4) is 0 Å². The first-order valence-electron chi connectivity index (χ1n) is 7.21. The van der Waals surface area contributed by atoms with Gasteiger partial charge in [0.15, 0.2) is 5.56 Å². The highest BCUT2D eigenvalue weighted by Gasteiger charge is 2.25. The highest BCUT2D eigenvalue weighted by molar-refractivity contribution is 9.10. The van der Waals surface area contributed by atoms with Crippen LogP contribution in [-0.4, -0.2) is 12.3 Å². The third-order valence-electron chi connectivity index (χ3n) is 3.86. The smallest absolute Gasteiger partial charge is 0.212 e. The lowest BCUT2D eigenvalue weighted by atomic mass is 9.92. The van der Waals surface area contributed by atoms with E-state index in [2.05, 4.69) is 20.9 Å². The number of hydrogen-bond acceptors (Lipinski definition) is 5. The molecule has 1 aromatic carbocycles. The molecule has 0 saturated carbocycles. The predicted octanol–water partition coefficient (Wildman–Crippen LogP) is 2.83. The zero-order chi connectivity index (χ0) is 16.4. The molecule has 0 fully saturated rings. The van der Waals surface area contributed by atoms with Crippen molar-refractivity contribution in [3.8, 4) is 6.07 Å². The summed E-state index contributed by atoms with van der Waals surface area (Å²) in [5.41, 5.74) is 6.81. The van der Waals surface area contributed by atoms with Gasteiger partial charge in [0.05, 0.1) is 6.04 Å². The molecule has 1 aliphatic rings. The molecule has 0 bridgehead atoms. The van der Waals surface area contributed by atoms with Gasteiger partial charge in [0.1, 0.15) is 11.8 Å². The summed E-state index contributed by atoms with van der Waals surface area (Å²) in [5, 5.41) is 8.97. The van der Waals surface area contributed by atoms with Crippen molar-refractivity contribution >= 4 is 28.0 Å². The summed E-state index contributed by atoms with van der Waals surface area (Å²) in [6, 6.07) is 9.71. The molecule has 0 aliphatic heterocycles. The van der Waals surface area contributed by atoms with E-state index < -0.39 is 0 Å². The Morgan fingerprint density at radius 3 is 3.04 bits per heavy atom. The maximum atomic E-state index is 12.2. The number of benzene rings is 1. The van der Waals surface area contributed by atoms with Crippen molar-refractivity contribution in [1.82, 2.24) is 0 Å². The molecule has 0 amide bonds.